The van der Waals surface area contributed by atoms with Crippen LogP contribution in [0.15, 0.2) is 72.2 Å². The Kier molecular flexibility index (Phi) is 10.1. The summed E-state index contributed by atoms with van der Waals surface area (Å²) < 4.78 is 0. The third-order valence-electron chi connectivity index (χ3n) is 4.89. The van der Waals surface area contributed by atoms with Gasteiger partial charge in [0.25, 0.3) is 5.91 Å². The summed E-state index contributed by atoms with van der Waals surface area (Å²) in [5.41, 5.74) is 2.64. The molecule has 0 aliphatic rings. The van der Waals surface area contributed by atoms with E-state index in [9.17, 15) is 4.79 Å². The maximum Gasteiger partial charge on any atom is 0.251 e. The van der Waals surface area contributed by atoms with Crippen LogP contribution in [0, 0.1) is 5.92 Å². The minimum Gasteiger partial charge on any atom is -0.366 e. The second kappa shape index (κ2) is 13.0. The zero-order chi connectivity index (χ0) is 23.3. The Balaban J connectivity index is 2.14. The molecule has 2 rings (SSSR count). The monoisotopic (exact) mass is 434 g/mol. The number of hydrogen-bond acceptors (Lipinski definition) is 5. The number of carbonyl (C=O) groups is 1. The van der Waals surface area contributed by atoms with E-state index < -0.39 is 6.04 Å². The number of hydrogen-bond donors (Lipinski definition) is 2. The average Bonchev–Trinajstić information content (AvgIpc) is 3.32. The standard InChI is InChI=1S/C25H34N6O/c1-6-9-21(26-4)14-12-19(3)13-15-23(31(5)16-7-2)25(32)29-22-11-8-10-20(17-22)24-27-18-28-30-24/h7-8,10-19,23H,6,9H2,1-5H3,(H,29,32)(H,27,28,30)/b14-12-,15-13+,16-7-,26-21?. The highest BCUT2D eigenvalue weighted by molar-refractivity contribution is 5.96. The zero-order valence-electron chi connectivity index (χ0n) is 19.6. The fraction of sp³-hybridized carbons (Fsp3) is 0.360. The number of aliphatic imine (C=N–C) groups is 1. The summed E-state index contributed by atoms with van der Waals surface area (Å²) in [6, 6.07) is 7.08. The van der Waals surface area contributed by atoms with Gasteiger partial charge in [0.15, 0.2) is 5.82 Å². The first-order chi connectivity index (χ1) is 15.5. The van der Waals surface area contributed by atoms with Gasteiger partial charge in [-0.2, -0.15) is 5.10 Å². The smallest absolute Gasteiger partial charge is 0.251 e. The highest BCUT2D eigenvalue weighted by Crippen LogP contribution is 2.19. The molecule has 0 spiro atoms. The maximum atomic E-state index is 13.1. The van der Waals surface area contributed by atoms with Crippen molar-refractivity contribution in [2.75, 3.05) is 19.4 Å². The van der Waals surface area contributed by atoms with Crippen LogP contribution in [0.4, 0.5) is 5.69 Å². The number of aromatic nitrogens is 3. The van der Waals surface area contributed by atoms with Crippen molar-refractivity contribution in [2.24, 2.45) is 10.9 Å². The lowest BCUT2D eigenvalue weighted by molar-refractivity contribution is -0.118. The summed E-state index contributed by atoms with van der Waals surface area (Å²) in [7, 11) is 3.71. The van der Waals surface area contributed by atoms with Crippen molar-refractivity contribution in [3.8, 4) is 11.4 Å². The van der Waals surface area contributed by atoms with Crippen molar-refractivity contribution >= 4 is 17.3 Å². The van der Waals surface area contributed by atoms with Gasteiger partial charge in [-0.25, -0.2) is 4.98 Å². The molecule has 7 heteroatoms. The van der Waals surface area contributed by atoms with Gasteiger partial charge in [0.1, 0.15) is 12.4 Å². The summed E-state index contributed by atoms with van der Waals surface area (Å²) in [4.78, 5) is 23.5. The van der Waals surface area contributed by atoms with Gasteiger partial charge >= 0.3 is 0 Å². The van der Waals surface area contributed by atoms with E-state index in [4.69, 9.17) is 0 Å². The number of nitrogens with zero attached hydrogens (tertiary/aromatic N) is 4. The Hall–Kier alpha value is -3.48. The van der Waals surface area contributed by atoms with E-state index in [1.165, 1.54) is 6.33 Å². The molecule has 0 fully saturated rings. The van der Waals surface area contributed by atoms with Crippen LogP contribution in [0.3, 0.4) is 0 Å². The molecule has 2 N–H and O–H groups in total. The summed E-state index contributed by atoms with van der Waals surface area (Å²) in [6.07, 6.45) is 15.5. The molecule has 0 bridgehead atoms. The van der Waals surface area contributed by atoms with Crippen LogP contribution in [0.2, 0.25) is 0 Å². The number of benzene rings is 1. The maximum absolute atomic E-state index is 13.1. The number of aromatic amines is 1. The molecule has 0 aliphatic carbocycles. The third kappa shape index (κ3) is 7.65. The van der Waals surface area contributed by atoms with Gasteiger partial charge in [0.2, 0.25) is 0 Å². The Labute approximate surface area is 191 Å². The molecule has 0 saturated carbocycles. The van der Waals surface area contributed by atoms with E-state index in [0.717, 1.165) is 24.1 Å². The van der Waals surface area contributed by atoms with E-state index in [1.54, 1.807) is 0 Å². The van der Waals surface area contributed by atoms with E-state index in [-0.39, 0.29) is 11.8 Å². The molecule has 0 saturated heterocycles. The van der Waals surface area contributed by atoms with Crippen LogP contribution in [0.5, 0.6) is 0 Å². The molecule has 1 aromatic heterocycles. The molecule has 1 heterocycles. The molecule has 1 aromatic carbocycles. The summed E-state index contributed by atoms with van der Waals surface area (Å²) in [5, 5.41) is 9.74. The van der Waals surface area contributed by atoms with Crippen LogP contribution in [0.25, 0.3) is 11.4 Å². The lowest BCUT2D eigenvalue weighted by atomic mass is 10.1. The number of carbonyl (C=O) groups excluding carboxylic acids is 1. The van der Waals surface area contributed by atoms with Gasteiger partial charge in [0.05, 0.1) is 0 Å². The molecule has 32 heavy (non-hydrogen) atoms. The average molecular weight is 435 g/mol. The zero-order valence-corrected chi connectivity index (χ0v) is 19.6. The minimum atomic E-state index is -0.453. The first kappa shape index (κ1) is 24.8. The van der Waals surface area contributed by atoms with Gasteiger partial charge in [-0.15, -0.1) is 0 Å². The normalized spacial score (nSPS) is 14.3. The van der Waals surface area contributed by atoms with Crippen LogP contribution >= 0.6 is 0 Å². The molecule has 0 radical (unpaired) electrons. The summed E-state index contributed by atoms with van der Waals surface area (Å²) in [5.74, 6) is 0.712. The molecule has 2 aromatic rings. The fourth-order valence-electron chi connectivity index (χ4n) is 3.17. The molecule has 2 atom stereocenters. The first-order valence-electron chi connectivity index (χ1n) is 10.9. The second-order valence-corrected chi connectivity index (χ2v) is 7.56. The highest BCUT2D eigenvalue weighted by Gasteiger charge is 2.19. The van der Waals surface area contributed by atoms with Crippen molar-refractivity contribution in [3.63, 3.8) is 0 Å². The lowest BCUT2D eigenvalue weighted by Gasteiger charge is -2.23. The van der Waals surface area contributed by atoms with Crippen LogP contribution in [0.1, 0.15) is 33.6 Å². The van der Waals surface area contributed by atoms with E-state index in [2.05, 4.69) is 51.5 Å². The number of allylic oxidation sites excluding steroid dienone is 4. The molecule has 170 valence electrons. The highest BCUT2D eigenvalue weighted by atomic mass is 16.2. The van der Waals surface area contributed by atoms with Crippen molar-refractivity contribution in [2.45, 2.75) is 39.7 Å². The van der Waals surface area contributed by atoms with Gasteiger partial charge in [-0.05, 0) is 43.7 Å². The number of nitrogens with one attached hydrogen (secondary N) is 2. The predicted molar refractivity (Wildman–Crippen MR) is 133 cm³/mol. The van der Waals surface area contributed by atoms with E-state index in [1.807, 2.05) is 74.6 Å². The third-order valence-corrected chi connectivity index (χ3v) is 4.89. The Morgan fingerprint density at radius 1 is 1.31 bits per heavy atom. The number of rotatable bonds is 11. The van der Waals surface area contributed by atoms with Gasteiger partial charge in [-0.3, -0.25) is 14.9 Å². The Morgan fingerprint density at radius 2 is 2.12 bits per heavy atom. The van der Waals surface area contributed by atoms with E-state index >= 15 is 0 Å². The molecular formula is C25H34N6O. The fourth-order valence-corrected chi connectivity index (χ4v) is 3.17. The topological polar surface area (TPSA) is 86.3 Å². The molecule has 1 amide bonds. The van der Waals surface area contributed by atoms with Gasteiger partial charge in [0, 0.05) is 31.1 Å². The molecule has 0 aliphatic heterocycles. The second-order valence-electron chi connectivity index (χ2n) is 7.56. The summed E-state index contributed by atoms with van der Waals surface area (Å²) in [6.45, 7) is 6.17. The minimum absolute atomic E-state index is 0.116. The van der Waals surface area contributed by atoms with Crippen molar-refractivity contribution in [3.05, 3.63) is 67.2 Å². The summed E-state index contributed by atoms with van der Waals surface area (Å²) >= 11 is 0. The van der Waals surface area contributed by atoms with Crippen molar-refractivity contribution in [1.82, 2.24) is 20.1 Å². The number of likely N-dealkylation sites (N-methyl/N-ethyl adjacent to an activating group) is 1. The molecule has 2 unspecified atom stereocenters. The lowest BCUT2D eigenvalue weighted by Crippen LogP contribution is -2.37. The first-order valence-corrected chi connectivity index (χ1v) is 10.9. The SMILES string of the molecule is C/C=C\N(C)C(/C=C/C(C)/C=C\C(CCC)=NC)C(=O)Nc1cccc(-c2ncn[nH]2)c1. The van der Waals surface area contributed by atoms with Crippen LogP contribution in [-0.4, -0.2) is 51.8 Å². The molecule has 7 nitrogen and oxygen atoms in total. The predicted octanol–water partition coefficient (Wildman–Crippen LogP) is 4.86. The Morgan fingerprint density at radius 3 is 2.78 bits per heavy atom. The number of anilines is 1. The van der Waals surface area contributed by atoms with Crippen LogP contribution in [-0.2, 0) is 4.79 Å². The number of amides is 1. The largest absolute Gasteiger partial charge is 0.366 e. The van der Waals surface area contributed by atoms with Crippen molar-refractivity contribution < 1.29 is 4.79 Å². The van der Waals surface area contributed by atoms with E-state index in [0.29, 0.717) is 11.5 Å². The number of H-pyrrole nitrogens is 1. The van der Waals surface area contributed by atoms with Gasteiger partial charge in [-0.1, -0.05) is 56.7 Å². The van der Waals surface area contributed by atoms with Gasteiger partial charge < -0.3 is 10.2 Å². The van der Waals surface area contributed by atoms with Crippen molar-refractivity contribution in [1.29, 1.82) is 0 Å². The quantitative estimate of drug-likeness (QED) is 0.390. The van der Waals surface area contributed by atoms with Crippen LogP contribution < -0.4 is 5.32 Å². The molecular weight excluding hydrogens is 400 g/mol. The Bertz CT molecular complexity index is 959.